The number of fused-ring (bicyclic) bond motifs is 1. The number of H-pyrrole nitrogens is 1. The van der Waals surface area contributed by atoms with Gasteiger partial charge in [-0.3, -0.25) is 0 Å². The minimum atomic E-state index is -4.42. The van der Waals surface area contributed by atoms with Crippen LogP contribution in [0.2, 0.25) is 0 Å². The average molecular weight is 502 g/mol. The van der Waals surface area contributed by atoms with E-state index >= 15 is 0 Å². The van der Waals surface area contributed by atoms with E-state index in [2.05, 4.69) is 53.0 Å². The third-order valence-corrected chi connectivity index (χ3v) is 4.30. The van der Waals surface area contributed by atoms with Gasteiger partial charge in [0.15, 0.2) is 0 Å². The largest absolute Gasteiger partial charge is 0.416 e. The molecule has 3 rings (SSSR count). The number of hydrogen-bond donors (Lipinski definition) is 3. The summed E-state index contributed by atoms with van der Waals surface area (Å²) in [6.07, 6.45) is -2.85. The zero-order valence-corrected chi connectivity index (χ0v) is 16.3. The number of pyridine rings is 1. The van der Waals surface area contributed by atoms with Crippen molar-refractivity contribution in [3.05, 3.63) is 53.9 Å². The van der Waals surface area contributed by atoms with Crippen LogP contribution in [0.15, 0.2) is 42.6 Å². The molecule has 3 aromatic rings. The van der Waals surface area contributed by atoms with Crippen LogP contribution < -0.4 is 10.6 Å². The van der Waals surface area contributed by atoms with Crippen molar-refractivity contribution in [2.75, 3.05) is 10.6 Å². The zero-order chi connectivity index (χ0) is 19.4. The molecular weight excluding hydrogens is 492 g/mol. The van der Waals surface area contributed by atoms with Crippen LogP contribution in [0.25, 0.3) is 11.0 Å². The topological polar surface area (TPSA) is 69.8 Å². The van der Waals surface area contributed by atoms with Crippen LogP contribution in [-0.4, -0.2) is 16.0 Å². The van der Waals surface area contributed by atoms with Crippen molar-refractivity contribution in [3.63, 3.8) is 0 Å². The van der Waals surface area contributed by atoms with Crippen molar-refractivity contribution >= 4 is 58.6 Å². The van der Waals surface area contributed by atoms with Gasteiger partial charge in [-0.05, 0) is 56.5 Å². The van der Waals surface area contributed by atoms with Gasteiger partial charge < -0.3 is 15.6 Å². The number of aromatic nitrogens is 2. The quantitative estimate of drug-likeness (QED) is 0.315. The van der Waals surface area contributed by atoms with Gasteiger partial charge in [-0.1, -0.05) is 0 Å². The summed E-state index contributed by atoms with van der Waals surface area (Å²) in [6.45, 7) is 0. The fourth-order valence-electron chi connectivity index (χ4n) is 2.26. The molecule has 138 valence electrons. The molecule has 0 aliphatic rings. The molecule has 0 fully saturated rings. The number of rotatable bonds is 2. The van der Waals surface area contributed by atoms with Gasteiger partial charge >= 0.3 is 12.2 Å². The summed E-state index contributed by atoms with van der Waals surface area (Å²) in [4.78, 5) is 19.5. The Morgan fingerprint density at radius 2 is 1.89 bits per heavy atom. The first-order chi connectivity index (χ1) is 12.9. The van der Waals surface area contributed by atoms with E-state index in [-0.39, 0.29) is 5.69 Å². The van der Waals surface area contributed by atoms with E-state index in [9.17, 15) is 18.0 Å². The summed E-state index contributed by atoms with van der Waals surface area (Å²) < 4.78 is 37.7. The molecule has 27 heavy (non-hydrogen) atoms. The number of nitrogens with zero attached hydrogens (tertiary/aromatic N) is 1. The van der Waals surface area contributed by atoms with Crippen LogP contribution in [0.5, 0.6) is 0 Å². The smallest absolute Gasteiger partial charge is 0.358 e. The van der Waals surface area contributed by atoms with Crippen LogP contribution in [0.1, 0.15) is 11.3 Å². The predicted octanol–water partition coefficient (Wildman–Crippen LogP) is 5.62. The van der Waals surface area contributed by atoms with E-state index in [0.717, 1.165) is 12.1 Å². The van der Waals surface area contributed by atoms with Crippen molar-refractivity contribution in [2.45, 2.75) is 6.18 Å². The minimum absolute atomic E-state index is 0.235. The van der Waals surface area contributed by atoms with E-state index in [1.54, 1.807) is 18.3 Å². The molecule has 10 heteroatoms. The molecule has 0 radical (unpaired) electrons. The highest BCUT2D eigenvalue weighted by Gasteiger charge is 2.30. The number of nitrogens with one attached hydrogen (secondary N) is 3. The molecule has 0 saturated heterocycles. The normalized spacial score (nSPS) is 11.0. The summed E-state index contributed by atoms with van der Waals surface area (Å²) in [7, 11) is 1.33. The van der Waals surface area contributed by atoms with Crippen molar-refractivity contribution in [1.82, 2.24) is 9.97 Å². The molecule has 0 unspecified atom stereocenters. The molecular formula is C17H10F3IN4OS. The highest BCUT2D eigenvalue weighted by Crippen LogP contribution is 2.30. The molecule has 3 N–H and O–H groups in total. The average Bonchev–Trinajstić information content (AvgIpc) is 3.01. The Kier molecular flexibility index (Phi) is 5.81. The molecule has 2 heterocycles. The summed E-state index contributed by atoms with van der Waals surface area (Å²) >= 11 is 2.05. The van der Waals surface area contributed by atoms with Crippen molar-refractivity contribution in [2.24, 2.45) is 0 Å². The summed E-state index contributed by atoms with van der Waals surface area (Å²) in [5, 5.41) is 7.93. The van der Waals surface area contributed by atoms with E-state index < -0.39 is 17.8 Å². The molecule has 0 aliphatic heterocycles. The van der Waals surface area contributed by atoms with Crippen LogP contribution >= 0.6 is 30.1 Å². The Bertz CT molecular complexity index is 1040. The standard InChI is InChI=1S/C17H10F3IN4OS/c18-17(19,20)10-1-3-11(4-2-10)24-16(26)25-14-9-22-13-6-5-12(7-8-27-21)23-15(13)14/h1-6,9,22H,(H2,24,25,26). The number of benzene rings is 1. The van der Waals surface area contributed by atoms with Gasteiger partial charge in [0.05, 0.1) is 16.8 Å². The number of halogens is 4. The Morgan fingerprint density at radius 1 is 1.15 bits per heavy atom. The first kappa shape index (κ1) is 19.4. The lowest BCUT2D eigenvalue weighted by Crippen LogP contribution is -2.19. The Hall–Kier alpha value is -2.39. The van der Waals surface area contributed by atoms with Gasteiger partial charge in [0.25, 0.3) is 0 Å². The van der Waals surface area contributed by atoms with Gasteiger partial charge in [-0.15, -0.1) is 0 Å². The molecule has 5 nitrogen and oxygen atoms in total. The lowest BCUT2D eigenvalue weighted by atomic mass is 10.2. The van der Waals surface area contributed by atoms with Crippen molar-refractivity contribution in [3.8, 4) is 11.2 Å². The third-order valence-electron chi connectivity index (χ3n) is 3.46. The van der Waals surface area contributed by atoms with Gasteiger partial charge in [-0.25, -0.2) is 9.78 Å². The van der Waals surface area contributed by atoms with Crippen LogP contribution in [-0.2, 0) is 6.18 Å². The first-order valence-corrected chi connectivity index (χ1v) is 10.7. The number of anilines is 2. The number of carbonyl (C=O) groups is 1. The second-order valence-corrected chi connectivity index (χ2v) is 6.93. The summed E-state index contributed by atoms with van der Waals surface area (Å²) in [5.74, 6) is 2.87. The van der Waals surface area contributed by atoms with Gasteiger partial charge in [0, 0.05) is 33.1 Å². The third kappa shape index (κ3) is 4.86. The molecule has 2 amide bonds. The Labute approximate surface area is 168 Å². The van der Waals surface area contributed by atoms with Gasteiger partial charge in [0.1, 0.15) is 11.2 Å². The van der Waals surface area contributed by atoms with Gasteiger partial charge in [0.2, 0.25) is 0 Å². The SMILES string of the molecule is O=C(Nc1ccc(C(F)(F)F)cc1)Nc1c[nH]c2ccc(C#CSI)nc12. The molecule has 0 bridgehead atoms. The number of urea groups is 1. The maximum Gasteiger partial charge on any atom is 0.416 e. The number of hydrogen-bond acceptors (Lipinski definition) is 3. The zero-order valence-electron chi connectivity index (χ0n) is 13.3. The Balaban J connectivity index is 1.74. The van der Waals surface area contributed by atoms with E-state index in [1.165, 1.54) is 21.1 Å². The van der Waals surface area contributed by atoms with E-state index in [1.807, 2.05) is 0 Å². The lowest BCUT2D eigenvalue weighted by Gasteiger charge is -2.09. The van der Waals surface area contributed by atoms with E-state index in [0.29, 0.717) is 22.4 Å². The van der Waals surface area contributed by atoms with E-state index in [4.69, 9.17) is 0 Å². The minimum Gasteiger partial charge on any atom is -0.358 e. The second-order valence-electron chi connectivity index (χ2n) is 5.25. The van der Waals surface area contributed by atoms with Gasteiger partial charge in [-0.2, -0.15) is 13.2 Å². The monoisotopic (exact) mass is 502 g/mol. The number of alkyl halides is 3. The predicted molar refractivity (Wildman–Crippen MR) is 109 cm³/mol. The molecule has 0 spiro atoms. The molecule has 0 aliphatic carbocycles. The highest BCUT2D eigenvalue weighted by atomic mass is 127. The second kappa shape index (κ2) is 8.10. The first-order valence-electron chi connectivity index (χ1n) is 7.39. The van der Waals surface area contributed by atoms with Crippen molar-refractivity contribution in [1.29, 1.82) is 0 Å². The maximum atomic E-state index is 12.6. The molecule has 0 atom stereocenters. The van der Waals surface area contributed by atoms with Crippen molar-refractivity contribution < 1.29 is 18.0 Å². The lowest BCUT2D eigenvalue weighted by molar-refractivity contribution is -0.137. The maximum absolute atomic E-state index is 12.6. The van der Waals surface area contributed by atoms with Crippen LogP contribution in [0.3, 0.4) is 0 Å². The highest BCUT2D eigenvalue weighted by molar-refractivity contribution is 14.2. The summed E-state index contributed by atoms with van der Waals surface area (Å²) in [5.41, 5.74) is 1.68. The number of amides is 2. The molecule has 2 aromatic heterocycles. The fraction of sp³-hybridized carbons (Fsp3) is 0.0588. The van der Waals surface area contributed by atoms with Crippen LogP contribution in [0, 0.1) is 11.2 Å². The number of carbonyl (C=O) groups excluding carboxylic acids is 1. The molecule has 0 saturated carbocycles. The number of aromatic amines is 1. The molecule has 1 aromatic carbocycles. The Morgan fingerprint density at radius 3 is 2.56 bits per heavy atom. The van der Waals surface area contributed by atoms with Crippen LogP contribution in [0.4, 0.5) is 29.3 Å². The fourth-order valence-corrected chi connectivity index (χ4v) is 2.74. The summed E-state index contributed by atoms with van der Waals surface area (Å²) in [6, 6.07) is 7.12.